The van der Waals surface area contributed by atoms with Gasteiger partial charge in [-0.3, -0.25) is 0 Å². The molecule has 1 aliphatic rings. The highest BCUT2D eigenvalue weighted by Gasteiger charge is 2.31. The van der Waals surface area contributed by atoms with Gasteiger partial charge in [0.15, 0.2) is 0 Å². The molecule has 3 heteroatoms. The molecule has 1 fully saturated rings. The van der Waals surface area contributed by atoms with Gasteiger partial charge < -0.3 is 5.32 Å². The van der Waals surface area contributed by atoms with Gasteiger partial charge in [-0.25, -0.2) is 0 Å². The van der Waals surface area contributed by atoms with Gasteiger partial charge in [-0.15, -0.1) is 0 Å². The Labute approximate surface area is 116 Å². The number of nitrogens with one attached hydrogen (secondary N) is 1. The Bertz CT molecular complexity index is 206. The maximum absolute atomic E-state index is 3.57. The van der Waals surface area contributed by atoms with Crippen molar-refractivity contribution < 1.29 is 0 Å². The normalized spacial score (nSPS) is 31.8. The summed E-state index contributed by atoms with van der Waals surface area (Å²) < 4.78 is 0. The first-order valence-electron chi connectivity index (χ1n) is 7.06. The molecular weight excluding hydrogens is 246 g/mol. The van der Waals surface area contributed by atoms with Crippen LogP contribution in [0.3, 0.4) is 0 Å². The average molecular weight is 276 g/mol. The molecule has 4 atom stereocenters. The van der Waals surface area contributed by atoms with Crippen molar-refractivity contribution in [3.05, 3.63) is 0 Å². The molecule has 1 N–H and O–H groups in total. The number of hydrogen-bond acceptors (Lipinski definition) is 3. The van der Waals surface area contributed by atoms with E-state index in [0.29, 0.717) is 6.04 Å². The molecule has 0 aromatic heterocycles. The SMILES string of the molecule is CCC(CC)CC(NC)C1CSC(C)C(C)S1. The summed E-state index contributed by atoms with van der Waals surface area (Å²) in [5.41, 5.74) is 0. The van der Waals surface area contributed by atoms with Crippen molar-refractivity contribution in [2.75, 3.05) is 12.8 Å². The van der Waals surface area contributed by atoms with E-state index in [0.717, 1.165) is 21.7 Å². The second-order valence-corrected chi connectivity index (χ2v) is 8.26. The van der Waals surface area contributed by atoms with Crippen LogP contribution in [-0.4, -0.2) is 34.6 Å². The van der Waals surface area contributed by atoms with E-state index in [1.165, 1.54) is 25.0 Å². The van der Waals surface area contributed by atoms with E-state index in [4.69, 9.17) is 0 Å². The molecular formula is C14H29NS2. The molecule has 0 saturated carbocycles. The Hall–Kier alpha value is 0.660. The highest BCUT2D eigenvalue weighted by Crippen LogP contribution is 2.38. The van der Waals surface area contributed by atoms with Crippen LogP contribution in [0.1, 0.15) is 47.0 Å². The van der Waals surface area contributed by atoms with Crippen molar-refractivity contribution in [3.8, 4) is 0 Å². The van der Waals surface area contributed by atoms with Crippen LogP contribution in [0.5, 0.6) is 0 Å². The molecule has 1 saturated heterocycles. The average Bonchev–Trinajstić information content (AvgIpc) is 2.35. The molecule has 0 spiro atoms. The first-order valence-corrected chi connectivity index (χ1v) is 9.05. The van der Waals surface area contributed by atoms with Crippen LogP contribution < -0.4 is 5.32 Å². The van der Waals surface area contributed by atoms with Crippen molar-refractivity contribution in [3.63, 3.8) is 0 Å². The minimum absolute atomic E-state index is 0.701. The zero-order valence-electron chi connectivity index (χ0n) is 12.0. The van der Waals surface area contributed by atoms with E-state index >= 15 is 0 Å². The van der Waals surface area contributed by atoms with Crippen LogP contribution >= 0.6 is 23.5 Å². The van der Waals surface area contributed by atoms with E-state index in [1.807, 2.05) is 0 Å². The number of hydrogen-bond donors (Lipinski definition) is 1. The van der Waals surface area contributed by atoms with Crippen molar-refractivity contribution >= 4 is 23.5 Å². The van der Waals surface area contributed by atoms with Crippen LogP contribution in [0.15, 0.2) is 0 Å². The Morgan fingerprint density at radius 3 is 2.29 bits per heavy atom. The molecule has 1 aliphatic heterocycles. The third-order valence-electron chi connectivity index (χ3n) is 4.14. The molecule has 1 heterocycles. The predicted octanol–water partition coefficient (Wildman–Crippen LogP) is 4.03. The number of rotatable bonds is 6. The zero-order valence-corrected chi connectivity index (χ0v) is 13.7. The van der Waals surface area contributed by atoms with Crippen molar-refractivity contribution in [1.82, 2.24) is 5.32 Å². The summed E-state index contributed by atoms with van der Waals surface area (Å²) in [4.78, 5) is 0. The Balaban J connectivity index is 2.49. The van der Waals surface area contributed by atoms with Gasteiger partial charge in [0.2, 0.25) is 0 Å². The molecule has 102 valence electrons. The fraction of sp³-hybridized carbons (Fsp3) is 1.00. The quantitative estimate of drug-likeness (QED) is 0.786. The summed E-state index contributed by atoms with van der Waals surface area (Å²) in [5.74, 6) is 2.22. The molecule has 0 aromatic rings. The molecule has 17 heavy (non-hydrogen) atoms. The zero-order chi connectivity index (χ0) is 12.8. The molecule has 4 unspecified atom stereocenters. The van der Waals surface area contributed by atoms with Gasteiger partial charge in [0.05, 0.1) is 0 Å². The van der Waals surface area contributed by atoms with Crippen molar-refractivity contribution in [1.29, 1.82) is 0 Å². The van der Waals surface area contributed by atoms with E-state index in [2.05, 4.69) is 63.6 Å². The second-order valence-electron chi connectivity index (χ2n) is 5.23. The largest absolute Gasteiger partial charge is 0.316 e. The molecule has 1 rings (SSSR count). The van der Waals surface area contributed by atoms with Gasteiger partial charge in [-0.2, -0.15) is 23.5 Å². The molecule has 0 aliphatic carbocycles. The topological polar surface area (TPSA) is 12.0 Å². The van der Waals surface area contributed by atoms with Crippen LogP contribution in [0.25, 0.3) is 0 Å². The minimum Gasteiger partial charge on any atom is -0.316 e. The van der Waals surface area contributed by atoms with Crippen LogP contribution in [0, 0.1) is 5.92 Å². The highest BCUT2D eigenvalue weighted by atomic mass is 32.2. The maximum atomic E-state index is 3.57. The third kappa shape index (κ3) is 4.68. The fourth-order valence-corrected chi connectivity index (χ4v) is 5.64. The van der Waals surface area contributed by atoms with E-state index < -0.39 is 0 Å². The molecule has 1 nitrogen and oxygen atoms in total. The van der Waals surface area contributed by atoms with Gasteiger partial charge in [0.25, 0.3) is 0 Å². The van der Waals surface area contributed by atoms with Gasteiger partial charge in [0, 0.05) is 27.5 Å². The highest BCUT2D eigenvalue weighted by molar-refractivity contribution is 8.07. The summed E-state index contributed by atoms with van der Waals surface area (Å²) >= 11 is 4.37. The standard InChI is InChI=1S/C14H29NS2/c1-6-12(7-2)8-13(15-5)14-9-16-10(3)11(4)17-14/h10-15H,6-9H2,1-5H3. The molecule has 0 bridgehead atoms. The van der Waals surface area contributed by atoms with Gasteiger partial charge >= 0.3 is 0 Å². The minimum atomic E-state index is 0.701. The first kappa shape index (κ1) is 15.7. The lowest BCUT2D eigenvalue weighted by Crippen LogP contribution is -2.42. The molecule has 0 amide bonds. The third-order valence-corrected chi connectivity index (χ3v) is 7.69. The monoisotopic (exact) mass is 275 g/mol. The van der Waals surface area contributed by atoms with Crippen LogP contribution in [-0.2, 0) is 0 Å². The first-order chi connectivity index (χ1) is 8.12. The summed E-state index contributed by atoms with van der Waals surface area (Å²) in [6, 6.07) is 0.701. The second kappa shape index (κ2) is 7.96. The van der Waals surface area contributed by atoms with Crippen molar-refractivity contribution in [2.24, 2.45) is 5.92 Å². The Kier molecular flexibility index (Phi) is 7.36. The molecule has 0 aromatic carbocycles. The van der Waals surface area contributed by atoms with E-state index in [-0.39, 0.29) is 0 Å². The summed E-state index contributed by atoms with van der Waals surface area (Å²) in [5, 5.41) is 6.00. The van der Waals surface area contributed by atoms with Crippen LogP contribution in [0.2, 0.25) is 0 Å². The molecule has 0 radical (unpaired) electrons. The van der Waals surface area contributed by atoms with E-state index in [9.17, 15) is 0 Å². The smallest absolute Gasteiger partial charge is 0.0294 e. The van der Waals surface area contributed by atoms with E-state index in [1.54, 1.807) is 0 Å². The summed E-state index contributed by atoms with van der Waals surface area (Å²) in [6.07, 6.45) is 4.00. The van der Waals surface area contributed by atoms with Gasteiger partial charge in [-0.05, 0) is 19.4 Å². The van der Waals surface area contributed by atoms with Gasteiger partial charge in [0.1, 0.15) is 0 Å². The predicted molar refractivity (Wildman–Crippen MR) is 84.3 cm³/mol. The summed E-state index contributed by atoms with van der Waals surface area (Å²) in [7, 11) is 2.14. The lowest BCUT2D eigenvalue weighted by molar-refractivity contribution is 0.377. The number of thioether (sulfide) groups is 2. The van der Waals surface area contributed by atoms with Crippen molar-refractivity contribution in [2.45, 2.75) is 68.7 Å². The van der Waals surface area contributed by atoms with Crippen LogP contribution in [0.4, 0.5) is 0 Å². The lowest BCUT2D eigenvalue weighted by Gasteiger charge is -2.37. The summed E-state index contributed by atoms with van der Waals surface area (Å²) in [6.45, 7) is 9.41. The lowest BCUT2D eigenvalue weighted by atomic mass is 9.93. The maximum Gasteiger partial charge on any atom is 0.0294 e. The Morgan fingerprint density at radius 2 is 1.82 bits per heavy atom. The Morgan fingerprint density at radius 1 is 1.18 bits per heavy atom. The fourth-order valence-electron chi connectivity index (χ4n) is 2.46. The van der Waals surface area contributed by atoms with Gasteiger partial charge in [-0.1, -0.05) is 40.5 Å².